The summed E-state index contributed by atoms with van der Waals surface area (Å²) in [5, 5.41) is 16.4. The van der Waals surface area contributed by atoms with Gasteiger partial charge in [-0.1, -0.05) is 19.4 Å². The molecule has 11 heteroatoms. The van der Waals surface area contributed by atoms with Gasteiger partial charge in [-0.2, -0.15) is 9.37 Å². The van der Waals surface area contributed by atoms with E-state index in [1.165, 1.54) is 22.8 Å². The van der Waals surface area contributed by atoms with Crippen LogP contribution in [-0.4, -0.2) is 57.6 Å². The highest BCUT2D eigenvalue weighted by Gasteiger charge is 2.19. The molecular formula is C21H28F2N6O3. The molecule has 0 saturated carbocycles. The average Bonchev–Trinajstić information content (AvgIpc) is 3.17. The first-order valence-corrected chi connectivity index (χ1v) is 10.5. The molecule has 32 heavy (non-hydrogen) atoms. The number of benzene rings is 1. The highest BCUT2D eigenvalue weighted by atomic mass is 19.2. The number of hydrogen-bond donors (Lipinski definition) is 3. The third-order valence-corrected chi connectivity index (χ3v) is 4.88. The van der Waals surface area contributed by atoms with Crippen molar-refractivity contribution >= 4 is 11.5 Å². The van der Waals surface area contributed by atoms with Gasteiger partial charge in [0.25, 0.3) is 0 Å². The van der Waals surface area contributed by atoms with E-state index < -0.39 is 11.6 Å². The average molecular weight is 450 g/mol. The Labute approximate surface area is 184 Å². The molecular weight excluding hydrogens is 422 g/mol. The number of anilines is 1. The van der Waals surface area contributed by atoms with Gasteiger partial charge in [-0.3, -0.25) is 0 Å². The van der Waals surface area contributed by atoms with Crippen LogP contribution in [0.4, 0.5) is 14.6 Å². The number of hydrogen-bond acceptors (Lipinski definition) is 8. The number of nitrogens with one attached hydrogen (secondary N) is 1. The van der Waals surface area contributed by atoms with Crippen molar-refractivity contribution in [2.24, 2.45) is 0 Å². The van der Waals surface area contributed by atoms with Crippen molar-refractivity contribution in [3.8, 4) is 11.8 Å². The summed E-state index contributed by atoms with van der Waals surface area (Å²) in [6, 6.07) is 2.89. The van der Waals surface area contributed by atoms with Gasteiger partial charge in [-0.25, -0.2) is 13.9 Å². The molecule has 0 unspecified atom stereocenters. The van der Waals surface area contributed by atoms with Crippen LogP contribution in [0.15, 0.2) is 18.3 Å². The lowest BCUT2D eigenvalue weighted by Crippen LogP contribution is -2.20. The van der Waals surface area contributed by atoms with Gasteiger partial charge in [0.1, 0.15) is 12.7 Å². The van der Waals surface area contributed by atoms with Crippen LogP contribution in [0.25, 0.3) is 5.65 Å². The van der Waals surface area contributed by atoms with E-state index in [-0.39, 0.29) is 54.5 Å². The third kappa shape index (κ3) is 5.40. The second kappa shape index (κ2) is 11.0. The van der Waals surface area contributed by atoms with E-state index in [1.807, 2.05) is 6.92 Å². The summed E-state index contributed by atoms with van der Waals surface area (Å²) in [7, 11) is 1.74. The van der Waals surface area contributed by atoms with Gasteiger partial charge in [0, 0.05) is 26.0 Å². The molecule has 3 rings (SSSR count). The Morgan fingerprint density at radius 2 is 2.06 bits per heavy atom. The minimum atomic E-state index is -1.04. The summed E-state index contributed by atoms with van der Waals surface area (Å²) in [4.78, 5) is 8.32. The van der Waals surface area contributed by atoms with E-state index in [1.54, 1.807) is 7.05 Å². The molecule has 1 atom stereocenters. The number of aromatic nitrogens is 4. The summed E-state index contributed by atoms with van der Waals surface area (Å²) in [5.74, 6) is -2.09. The molecule has 0 fully saturated rings. The molecule has 0 saturated heterocycles. The molecule has 0 radical (unpaired) electrons. The zero-order chi connectivity index (χ0) is 23.1. The maximum absolute atomic E-state index is 14.7. The van der Waals surface area contributed by atoms with Crippen LogP contribution in [0.2, 0.25) is 0 Å². The van der Waals surface area contributed by atoms with Crippen LogP contribution in [-0.2, 0) is 6.42 Å². The van der Waals surface area contributed by atoms with Crippen LogP contribution in [0.5, 0.6) is 11.8 Å². The molecule has 0 aliphatic carbocycles. The van der Waals surface area contributed by atoms with Crippen molar-refractivity contribution < 1.29 is 23.4 Å². The minimum absolute atomic E-state index is 0.0195. The minimum Gasteiger partial charge on any atom is -0.489 e. The third-order valence-electron chi connectivity index (χ3n) is 4.88. The molecule has 1 aromatic carbocycles. The van der Waals surface area contributed by atoms with E-state index in [9.17, 15) is 13.9 Å². The number of fused-ring (bicyclic) bond motifs is 1. The monoisotopic (exact) mass is 450 g/mol. The number of aliphatic hydroxyl groups is 1. The van der Waals surface area contributed by atoms with Gasteiger partial charge in [0.15, 0.2) is 23.0 Å². The standard InChI is InChI=1S/C21H28F2N6O3/c1-3-4-15(7-9-30)32-21-27-19(24)20-26-12-14(29(20)28-21)11-13-5-6-16(18(23)17(13)22)31-10-8-25-2/h5-6,12,15,25,30H,3-4,7-11H2,1-2H3,(H2,24,27,28)/t15-/m1/s1. The number of likely N-dealkylation sites (N-methyl/N-ethyl adjacent to an activating group) is 1. The van der Waals surface area contributed by atoms with Gasteiger partial charge < -0.3 is 25.6 Å². The molecule has 0 aliphatic heterocycles. The number of rotatable bonds is 12. The molecule has 9 nitrogen and oxygen atoms in total. The Kier molecular flexibility index (Phi) is 8.12. The Bertz CT molecular complexity index is 1040. The van der Waals surface area contributed by atoms with E-state index >= 15 is 0 Å². The number of aliphatic hydroxyl groups excluding tert-OH is 1. The molecule has 4 N–H and O–H groups in total. The van der Waals surface area contributed by atoms with Gasteiger partial charge in [0.2, 0.25) is 5.82 Å². The normalized spacial score (nSPS) is 12.3. The van der Waals surface area contributed by atoms with Crippen molar-refractivity contribution in [2.75, 3.05) is 32.5 Å². The van der Waals surface area contributed by atoms with Crippen LogP contribution < -0.4 is 20.5 Å². The maximum atomic E-state index is 14.7. The smallest absolute Gasteiger partial charge is 0.336 e. The summed E-state index contributed by atoms with van der Waals surface area (Å²) < 4.78 is 41.5. The van der Waals surface area contributed by atoms with E-state index in [2.05, 4.69) is 20.4 Å². The summed E-state index contributed by atoms with van der Waals surface area (Å²) in [6.07, 6.45) is 3.24. The molecule has 2 aromatic heterocycles. The first kappa shape index (κ1) is 23.6. The van der Waals surface area contributed by atoms with Gasteiger partial charge in [-0.05, 0) is 25.1 Å². The SMILES string of the molecule is CCC[C@H](CCO)Oc1nc(N)c2ncc(Cc3ccc(OCCNC)c(F)c3F)n2n1. The van der Waals surface area contributed by atoms with E-state index in [0.717, 1.165) is 6.42 Å². The zero-order valence-corrected chi connectivity index (χ0v) is 18.1. The lowest BCUT2D eigenvalue weighted by molar-refractivity contribution is 0.133. The molecule has 0 aliphatic rings. The molecule has 3 aromatic rings. The highest BCUT2D eigenvalue weighted by molar-refractivity contribution is 5.59. The predicted octanol–water partition coefficient (Wildman–Crippen LogP) is 2.10. The Hall–Kier alpha value is -3.05. The largest absolute Gasteiger partial charge is 0.489 e. The fraction of sp³-hybridized carbons (Fsp3) is 0.476. The van der Waals surface area contributed by atoms with Crippen molar-refractivity contribution in [1.29, 1.82) is 0 Å². The first-order chi connectivity index (χ1) is 15.5. The predicted molar refractivity (Wildman–Crippen MR) is 115 cm³/mol. The topological polar surface area (TPSA) is 120 Å². The van der Waals surface area contributed by atoms with E-state index in [0.29, 0.717) is 25.1 Å². The Balaban J connectivity index is 1.86. The zero-order valence-electron chi connectivity index (χ0n) is 18.1. The van der Waals surface area contributed by atoms with Crippen molar-refractivity contribution in [3.63, 3.8) is 0 Å². The molecule has 174 valence electrons. The Morgan fingerprint density at radius 1 is 1.25 bits per heavy atom. The highest BCUT2D eigenvalue weighted by Crippen LogP contribution is 2.25. The summed E-state index contributed by atoms with van der Waals surface area (Å²) in [6.45, 7) is 2.70. The molecule has 0 amide bonds. The number of imidazole rings is 1. The van der Waals surface area contributed by atoms with Crippen LogP contribution in [0.3, 0.4) is 0 Å². The lowest BCUT2D eigenvalue weighted by Gasteiger charge is -2.16. The first-order valence-electron chi connectivity index (χ1n) is 10.5. The number of nitrogen functional groups attached to an aromatic ring is 1. The summed E-state index contributed by atoms with van der Waals surface area (Å²) in [5.41, 5.74) is 6.89. The van der Waals surface area contributed by atoms with Crippen molar-refractivity contribution in [3.05, 3.63) is 41.2 Å². The molecule has 0 spiro atoms. The van der Waals surface area contributed by atoms with Gasteiger partial charge in [-0.15, -0.1) is 5.10 Å². The maximum Gasteiger partial charge on any atom is 0.336 e. The van der Waals surface area contributed by atoms with E-state index in [4.69, 9.17) is 15.2 Å². The second-order valence-corrected chi connectivity index (χ2v) is 7.28. The van der Waals surface area contributed by atoms with Crippen LogP contribution in [0.1, 0.15) is 37.4 Å². The fourth-order valence-electron chi connectivity index (χ4n) is 3.25. The molecule has 2 heterocycles. The number of nitrogens with zero attached hydrogens (tertiary/aromatic N) is 4. The lowest BCUT2D eigenvalue weighted by atomic mass is 10.1. The molecule has 0 bridgehead atoms. The fourth-order valence-corrected chi connectivity index (χ4v) is 3.25. The van der Waals surface area contributed by atoms with Gasteiger partial charge in [0.05, 0.1) is 11.9 Å². The number of halogens is 2. The van der Waals surface area contributed by atoms with Crippen molar-refractivity contribution in [2.45, 2.75) is 38.7 Å². The number of nitrogens with two attached hydrogens (primary N) is 1. The van der Waals surface area contributed by atoms with Crippen LogP contribution in [0, 0.1) is 11.6 Å². The number of ether oxygens (including phenoxy) is 2. The second-order valence-electron chi connectivity index (χ2n) is 7.28. The Morgan fingerprint density at radius 3 is 2.78 bits per heavy atom. The van der Waals surface area contributed by atoms with Gasteiger partial charge >= 0.3 is 6.01 Å². The summed E-state index contributed by atoms with van der Waals surface area (Å²) >= 11 is 0. The van der Waals surface area contributed by atoms with Crippen molar-refractivity contribution in [1.82, 2.24) is 24.9 Å². The quantitative estimate of drug-likeness (QED) is 0.359. The van der Waals surface area contributed by atoms with Crippen LogP contribution >= 0.6 is 0 Å².